The van der Waals surface area contributed by atoms with Gasteiger partial charge in [-0.25, -0.2) is 0 Å². The van der Waals surface area contributed by atoms with Crippen LogP contribution in [-0.2, 0) is 0 Å². The Morgan fingerprint density at radius 1 is 0.778 bits per heavy atom. The molecule has 1 heteroatoms. The number of nitrogens with one attached hydrogen (secondary N) is 1. The molecule has 1 N–H and O–H groups in total. The van der Waals surface area contributed by atoms with Crippen molar-refractivity contribution in [2.45, 2.75) is 13.8 Å². The normalized spacial score (nSPS) is 18.5. The number of rotatable bonds is 1. The summed E-state index contributed by atoms with van der Waals surface area (Å²) in [5, 5.41) is 3.20. The van der Waals surface area contributed by atoms with E-state index >= 15 is 0 Å². The molecule has 0 radical (unpaired) electrons. The van der Waals surface area contributed by atoms with Gasteiger partial charge in [0.1, 0.15) is 0 Å². The summed E-state index contributed by atoms with van der Waals surface area (Å²) in [6.45, 7) is 4.34. The van der Waals surface area contributed by atoms with Crippen molar-refractivity contribution in [3.05, 3.63) is 83.8 Å². The molecule has 0 bridgehead atoms. The van der Waals surface area contributed by atoms with E-state index in [1.165, 1.54) is 16.8 Å². The average molecular weight is 237 g/mol. The standard InChI is InChI=1S/C9H13N.C8H6/c1-8(2)9-6-4-3-5-7-10-9;1-3-7-5-2-6-8(7)4-1/h3-8,10H,1-2H3;1-6H. The van der Waals surface area contributed by atoms with Crippen LogP contribution in [-0.4, -0.2) is 0 Å². The Balaban J connectivity index is 0.000000136. The van der Waals surface area contributed by atoms with Crippen molar-refractivity contribution < 1.29 is 0 Å². The molecule has 0 saturated heterocycles. The van der Waals surface area contributed by atoms with E-state index in [4.69, 9.17) is 0 Å². The van der Waals surface area contributed by atoms with Crippen LogP contribution in [0.4, 0.5) is 0 Å². The molecule has 92 valence electrons. The minimum absolute atomic E-state index is 0.576. The first-order valence-electron chi connectivity index (χ1n) is 6.34. The van der Waals surface area contributed by atoms with Crippen LogP contribution in [0.1, 0.15) is 13.8 Å². The maximum absolute atomic E-state index is 3.20. The van der Waals surface area contributed by atoms with Crippen molar-refractivity contribution in [1.29, 1.82) is 0 Å². The molecule has 0 unspecified atom stereocenters. The third-order valence-corrected chi connectivity index (χ3v) is 2.90. The van der Waals surface area contributed by atoms with Gasteiger partial charge in [0.05, 0.1) is 0 Å². The predicted octanol–water partition coefficient (Wildman–Crippen LogP) is 4.18. The van der Waals surface area contributed by atoms with Crippen LogP contribution < -0.4 is 5.32 Å². The van der Waals surface area contributed by atoms with Gasteiger partial charge in [0.25, 0.3) is 0 Å². The van der Waals surface area contributed by atoms with Crippen LogP contribution >= 0.6 is 0 Å². The van der Waals surface area contributed by atoms with E-state index in [0.717, 1.165) is 0 Å². The van der Waals surface area contributed by atoms with Crippen LogP contribution in [0.5, 0.6) is 0 Å². The lowest BCUT2D eigenvalue weighted by Crippen LogP contribution is -2.09. The zero-order valence-electron chi connectivity index (χ0n) is 10.9. The van der Waals surface area contributed by atoms with Gasteiger partial charge in [-0.3, -0.25) is 0 Å². The maximum Gasteiger partial charge on any atom is 0.0172 e. The lowest BCUT2D eigenvalue weighted by Gasteiger charge is -2.08. The Hall–Kier alpha value is -2.02. The number of allylic oxidation sites excluding steroid dienone is 13. The first kappa shape index (κ1) is 12.4. The summed E-state index contributed by atoms with van der Waals surface area (Å²) in [5.74, 6) is 0.576. The fraction of sp³-hybridized carbons (Fsp3) is 0.176. The Labute approximate surface area is 109 Å². The van der Waals surface area contributed by atoms with Crippen LogP contribution in [0.2, 0.25) is 0 Å². The van der Waals surface area contributed by atoms with Gasteiger partial charge in [0.15, 0.2) is 0 Å². The van der Waals surface area contributed by atoms with Crippen molar-refractivity contribution in [2.75, 3.05) is 0 Å². The lowest BCUT2D eigenvalue weighted by molar-refractivity contribution is 0.715. The summed E-state index contributed by atoms with van der Waals surface area (Å²) < 4.78 is 0. The average Bonchev–Trinajstić information content (AvgIpc) is 2.85. The Kier molecular flexibility index (Phi) is 4.19. The molecule has 1 nitrogen and oxygen atoms in total. The van der Waals surface area contributed by atoms with Crippen molar-refractivity contribution in [3.8, 4) is 0 Å². The molecule has 1 aliphatic heterocycles. The van der Waals surface area contributed by atoms with Gasteiger partial charge in [0.2, 0.25) is 0 Å². The number of hydrogen-bond donors (Lipinski definition) is 1. The van der Waals surface area contributed by atoms with Gasteiger partial charge in [0, 0.05) is 11.9 Å². The summed E-state index contributed by atoms with van der Waals surface area (Å²) in [4.78, 5) is 0. The van der Waals surface area contributed by atoms with Crippen LogP contribution in [0.25, 0.3) is 0 Å². The van der Waals surface area contributed by atoms with Gasteiger partial charge < -0.3 is 5.32 Å². The van der Waals surface area contributed by atoms with Crippen LogP contribution in [0.3, 0.4) is 0 Å². The van der Waals surface area contributed by atoms with E-state index in [9.17, 15) is 0 Å². The Morgan fingerprint density at radius 3 is 2.06 bits per heavy atom. The first-order chi connectivity index (χ1) is 8.77. The highest BCUT2D eigenvalue weighted by atomic mass is 14.9. The SMILES string of the molecule is C1=CC2=CC=CC2=C1.CC(C)C1=CC=CC=CN1. The molecule has 1 heterocycles. The molecule has 3 rings (SSSR count). The Bertz CT molecular complexity index is 480. The van der Waals surface area contributed by atoms with Gasteiger partial charge in [-0.2, -0.15) is 0 Å². The number of fused-ring (bicyclic) bond motifs is 1. The predicted molar refractivity (Wildman–Crippen MR) is 78.8 cm³/mol. The molecular weight excluding hydrogens is 218 g/mol. The second kappa shape index (κ2) is 6.06. The van der Waals surface area contributed by atoms with Gasteiger partial charge in [-0.15, -0.1) is 0 Å². The lowest BCUT2D eigenvalue weighted by atomic mass is 10.1. The summed E-state index contributed by atoms with van der Waals surface area (Å²) in [6.07, 6.45) is 22.7. The van der Waals surface area contributed by atoms with E-state index in [1.54, 1.807) is 0 Å². The molecule has 0 fully saturated rings. The third-order valence-electron chi connectivity index (χ3n) is 2.90. The van der Waals surface area contributed by atoms with Gasteiger partial charge in [-0.1, -0.05) is 62.5 Å². The molecular formula is C17H19N. The topological polar surface area (TPSA) is 12.0 Å². The first-order valence-corrected chi connectivity index (χ1v) is 6.34. The van der Waals surface area contributed by atoms with Crippen molar-refractivity contribution in [3.63, 3.8) is 0 Å². The molecule has 0 spiro atoms. The van der Waals surface area contributed by atoms with Gasteiger partial charge >= 0.3 is 0 Å². The summed E-state index contributed by atoms with van der Waals surface area (Å²) in [6, 6.07) is 0. The van der Waals surface area contributed by atoms with Crippen LogP contribution in [0.15, 0.2) is 83.8 Å². The molecule has 0 saturated carbocycles. The highest BCUT2D eigenvalue weighted by Gasteiger charge is 2.04. The van der Waals surface area contributed by atoms with E-state index < -0.39 is 0 Å². The van der Waals surface area contributed by atoms with E-state index in [2.05, 4.69) is 61.7 Å². The summed E-state index contributed by atoms with van der Waals surface area (Å²) in [7, 11) is 0. The van der Waals surface area contributed by atoms with E-state index in [0.29, 0.717) is 5.92 Å². The van der Waals surface area contributed by atoms with E-state index in [-0.39, 0.29) is 0 Å². The zero-order chi connectivity index (χ0) is 12.8. The molecule has 18 heavy (non-hydrogen) atoms. The molecule has 0 aromatic rings. The molecule has 0 amide bonds. The number of hydrogen-bond acceptors (Lipinski definition) is 1. The molecule has 0 aromatic heterocycles. The minimum Gasteiger partial charge on any atom is -0.365 e. The zero-order valence-corrected chi connectivity index (χ0v) is 10.9. The molecule has 0 aromatic carbocycles. The van der Waals surface area contributed by atoms with Crippen molar-refractivity contribution in [1.82, 2.24) is 5.32 Å². The fourth-order valence-electron chi connectivity index (χ4n) is 1.84. The minimum atomic E-state index is 0.576. The third kappa shape index (κ3) is 3.24. The second-order valence-corrected chi connectivity index (χ2v) is 4.63. The van der Waals surface area contributed by atoms with Gasteiger partial charge in [-0.05, 0) is 29.2 Å². The van der Waals surface area contributed by atoms with Crippen molar-refractivity contribution >= 4 is 0 Å². The van der Waals surface area contributed by atoms with Crippen molar-refractivity contribution in [2.24, 2.45) is 5.92 Å². The van der Waals surface area contributed by atoms with E-state index in [1.807, 2.05) is 24.4 Å². The summed E-state index contributed by atoms with van der Waals surface area (Å²) in [5.41, 5.74) is 3.97. The Morgan fingerprint density at radius 2 is 1.44 bits per heavy atom. The highest BCUT2D eigenvalue weighted by Crippen LogP contribution is 2.23. The monoisotopic (exact) mass is 237 g/mol. The molecule has 2 aliphatic carbocycles. The fourth-order valence-corrected chi connectivity index (χ4v) is 1.84. The second-order valence-electron chi connectivity index (χ2n) is 4.63. The largest absolute Gasteiger partial charge is 0.365 e. The summed E-state index contributed by atoms with van der Waals surface area (Å²) >= 11 is 0. The highest BCUT2D eigenvalue weighted by molar-refractivity contribution is 5.59. The smallest absolute Gasteiger partial charge is 0.0172 e. The quantitative estimate of drug-likeness (QED) is 0.721. The maximum atomic E-state index is 3.20. The van der Waals surface area contributed by atoms with Crippen LogP contribution in [0, 0.1) is 5.92 Å². The molecule has 0 atom stereocenters. The molecule has 3 aliphatic rings.